The van der Waals surface area contributed by atoms with Crippen LogP contribution in [0.3, 0.4) is 0 Å². The summed E-state index contributed by atoms with van der Waals surface area (Å²) in [5.41, 5.74) is 1.79. The van der Waals surface area contributed by atoms with Crippen LogP contribution in [-0.4, -0.2) is 16.6 Å². The van der Waals surface area contributed by atoms with Crippen LogP contribution in [0, 0.1) is 5.82 Å². The molecule has 0 aliphatic rings. The molecular weight excluding hydrogens is 291 g/mol. The zero-order valence-electron chi connectivity index (χ0n) is 11.3. The molecule has 106 valence electrons. The van der Waals surface area contributed by atoms with Crippen molar-refractivity contribution in [3.05, 3.63) is 53.7 Å². The van der Waals surface area contributed by atoms with Crippen LogP contribution in [0.15, 0.2) is 42.9 Å². The largest absolute Gasteiger partial charge is 0.492 e. The summed E-state index contributed by atoms with van der Waals surface area (Å²) in [6, 6.07) is 8.31. The molecule has 0 atom stereocenters. The van der Waals surface area contributed by atoms with E-state index in [0.29, 0.717) is 23.5 Å². The first kappa shape index (κ1) is 13.8. The molecule has 0 spiro atoms. The Hall–Kier alpha value is -2.20. The van der Waals surface area contributed by atoms with Gasteiger partial charge in [0.05, 0.1) is 17.1 Å². The molecule has 3 aromatic rings. The minimum Gasteiger partial charge on any atom is -0.492 e. The van der Waals surface area contributed by atoms with Gasteiger partial charge < -0.3 is 4.74 Å². The Morgan fingerprint density at radius 1 is 1.24 bits per heavy atom. The first-order valence-corrected chi connectivity index (χ1v) is 6.89. The fourth-order valence-corrected chi connectivity index (χ4v) is 2.52. The summed E-state index contributed by atoms with van der Waals surface area (Å²) in [6.45, 7) is 2.32. The zero-order valence-corrected chi connectivity index (χ0v) is 12.1. The third-order valence-corrected chi connectivity index (χ3v) is 3.52. The number of hydrogen-bond acceptors (Lipinski definition) is 3. The molecule has 0 saturated heterocycles. The second kappa shape index (κ2) is 5.66. The lowest BCUT2D eigenvalue weighted by Crippen LogP contribution is -1.95. The summed E-state index contributed by atoms with van der Waals surface area (Å²) in [5, 5.41) is 1.10. The van der Waals surface area contributed by atoms with Gasteiger partial charge in [-0.3, -0.25) is 0 Å². The van der Waals surface area contributed by atoms with Crippen LogP contribution in [0.25, 0.3) is 22.0 Å². The average molecular weight is 303 g/mol. The molecular formula is C16H12ClFN2O. The lowest BCUT2D eigenvalue weighted by molar-refractivity contribution is 0.340. The number of hydrogen-bond donors (Lipinski definition) is 0. The minimum atomic E-state index is -0.389. The molecule has 3 nitrogen and oxygen atoms in total. The first-order chi connectivity index (χ1) is 10.2. The molecule has 5 heteroatoms. The standard InChI is InChI=1S/C16H12ClFN2O/c1-2-21-14-6-4-12(18)15(16(14)17)10-3-5-13-11(7-10)8-19-9-20-13/h3-9H,2H2,1H3. The van der Waals surface area contributed by atoms with Gasteiger partial charge >= 0.3 is 0 Å². The monoisotopic (exact) mass is 302 g/mol. The Morgan fingerprint density at radius 3 is 2.90 bits per heavy atom. The second-order valence-corrected chi connectivity index (χ2v) is 4.84. The lowest BCUT2D eigenvalue weighted by Gasteiger charge is -2.12. The van der Waals surface area contributed by atoms with Crippen LogP contribution in [0.1, 0.15) is 6.92 Å². The number of rotatable bonds is 3. The molecule has 0 bridgehead atoms. The van der Waals surface area contributed by atoms with Crippen molar-refractivity contribution in [2.24, 2.45) is 0 Å². The van der Waals surface area contributed by atoms with E-state index in [1.54, 1.807) is 12.3 Å². The summed E-state index contributed by atoms with van der Waals surface area (Å²) in [4.78, 5) is 8.12. The predicted octanol–water partition coefficient (Wildman–Crippen LogP) is 4.49. The number of ether oxygens (including phenoxy) is 1. The Morgan fingerprint density at radius 2 is 2.10 bits per heavy atom. The molecule has 0 amide bonds. The van der Waals surface area contributed by atoms with Gasteiger partial charge in [-0.1, -0.05) is 17.7 Å². The highest BCUT2D eigenvalue weighted by atomic mass is 35.5. The zero-order chi connectivity index (χ0) is 14.8. The van der Waals surface area contributed by atoms with Crippen molar-refractivity contribution >= 4 is 22.5 Å². The Kier molecular flexibility index (Phi) is 3.71. The van der Waals surface area contributed by atoms with Gasteiger partial charge in [0.25, 0.3) is 0 Å². The Balaban J connectivity index is 2.19. The molecule has 21 heavy (non-hydrogen) atoms. The van der Waals surface area contributed by atoms with Crippen LogP contribution in [0.5, 0.6) is 5.75 Å². The number of aromatic nitrogens is 2. The molecule has 0 fully saturated rings. The molecule has 0 radical (unpaired) electrons. The van der Waals surface area contributed by atoms with Crippen LogP contribution in [-0.2, 0) is 0 Å². The third-order valence-electron chi connectivity index (χ3n) is 3.15. The average Bonchev–Trinajstić information content (AvgIpc) is 2.50. The molecule has 0 saturated carbocycles. The van der Waals surface area contributed by atoms with E-state index in [9.17, 15) is 4.39 Å². The second-order valence-electron chi connectivity index (χ2n) is 4.46. The molecule has 1 heterocycles. The van der Waals surface area contributed by atoms with E-state index in [4.69, 9.17) is 16.3 Å². The maximum absolute atomic E-state index is 14.2. The predicted molar refractivity (Wildman–Crippen MR) is 81.1 cm³/mol. The van der Waals surface area contributed by atoms with Crippen LogP contribution < -0.4 is 4.74 Å². The van der Waals surface area contributed by atoms with Crippen molar-refractivity contribution in [3.63, 3.8) is 0 Å². The van der Waals surface area contributed by atoms with E-state index in [0.717, 1.165) is 10.9 Å². The van der Waals surface area contributed by atoms with Crippen molar-refractivity contribution in [3.8, 4) is 16.9 Å². The lowest BCUT2D eigenvalue weighted by atomic mass is 10.0. The summed E-state index contributed by atoms with van der Waals surface area (Å²) in [5.74, 6) is 0.0830. The highest BCUT2D eigenvalue weighted by Gasteiger charge is 2.15. The van der Waals surface area contributed by atoms with Gasteiger partial charge in [0.15, 0.2) is 0 Å². The highest BCUT2D eigenvalue weighted by molar-refractivity contribution is 6.34. The van der Waals surface area contributed by atoms with Crippen LogP contribution >= 0.6 is 11.6 Å². The van der Waals surface area contributed by atoms with E-state index in [1.165, 1.54) is 18.5 Å². The van der Waals surface area contributed by atoms with Crippen molar-refractivity contribution in [2.75, 3.05) is 6.61 Å². The van der Waals surface area contributed by atoms with E-state index >= 15 is 0 Å². The van der Waals surface area contributed by atoms with Gasteiger partial charge in [-0.2, -0.15) is 0 Å². The quantitative estimate of drug-likeness (QED) is 0.715. The molecule has 3 rings (SSSR count). The van der Waals surface area contributed by atoms with Crippen molar-refractivity contribution in [2.45, 2.75) is 6.92 Å². The van der Waals surface area contributed by atoms with Crippen molar-refractivity contribution in [1.29, 1.82) is 0 Å². The van der Waals surface area contributed by atoms with Gasteiger partial charge in [0.1, 0.15) is 17.9 Å². The maximum Gasteiger partial charge on any atom is 0.138 e. The topological polar surface area (TPSA) is 35.0 Å². The molecule has 1 aromatic heterocycles. The normalized spacial score (nSPS) is 10.8. The third kappa shape index (κ3) is 2.54. The molecule has 0 N–H and O–H groups in total. The fourth-order valence-electron chi connectivity index (χ4n) is 2.21. The van der Waals surface area contributed by atoms with Gasteiger partial charge in [-0.05, 0) is 36.8 Å². The number of halogens is 2. The number of nitrogens with zero attached hydrogens (tertiary/aromatic N) is 2. The summed E-state index contributed by atoms with van der Waals surface area (Å²) >= 11 is 6.28. The maximum atomic E-state index is 14.2. The summed E-state index contributed by atoms with van der Waals surface area (Å²) in [7, 11) is 0. The van der Waals surface area contributed by atoms with Gasteiger partial charge in [-0.25, -0.2) is 14.4 Å². The van der Waals surface area contributed by atoms with Crippen molar-refractivity contribution < 1.29 is 9.13 Å². The Labute approximate surface area is 126 Å². The SMILES string of the molecule is CCOc1ccc(F)c(-c2ccc3ncncc3c2)c1Cl. The van der Waals surface area contributed by atoms with E-state index in [1.807, 2.05) is 19.1 Å². The van der Waals surface area contributed by atoms with Crippen LogP contribution in [0.4, 0.5) is 4.39 Å². The molecule has 2 aromatic carbocycles. The van der Waals surface area contributed by atoms with E-state index in [-0.39, 0.29) is 10.8 Å². The summed E-state index contributed by atoms with van der Waals surface area (Å²) < 4.78 is 19.6. The number of fused-ring (bicyclic) bond motifs is 1. The molecule has 0 unspecified atom stereocenters. The first-order valence-electron chi connectivity index (χ1n) is 6.51. The molecule has 0 aliphatic heterocycles. The fraction of sp³-hybridized carbons (Fsp3) is 0.125. The Bertz CT molecular complexity index is 807. The van der Waals surface area contributed by atoms with E-state index in [2.05, 4.69) is 9.97 Å². The smallest absolute Gasteiger partial charge is 0.138 e. The van der Waals surface area contributed by atoms with Gasteiger partial charge in [0.2, 0.25) is 0 Å². The highest BCUT2D eigenvalue weighted by Crippen LogP contribution is 2.38. The summed E-state index contributed by atoms with van der Waals surface area (Å²) in [6.07, 6.45) is 3.16. The van der Waals surface area contributed by atoms with Crippen molar-refractivity contribution in [1.82, 2.24) is 9.97 Å². The van der Waals surface area contributed by atoms with Gasteiger partial charge in [0, 0.05) is 17.1 Å². The minimum absolute atomic E-state index is 0.271. The van der Waals surface area contributed by atoms with E-state index < -0.39 is 0 Å². The molecule has 0 aliphatic carbocycles. The van der Waals surface area contributed by atoms with Gasteiger partial charge in [-0.15, -0.1) is 0 Å². The van der Waals surface area contributed by atoms with Crippen LogP contribution in [0.2, 0.25) is 5.02 Å². The number of benzene rings is 2.